The van der Waals surface area contributed by atoms with Crippen molar-refractivity contribution in [3.05, 3.63) is 174 Å². The standard InChI is InChI=1S/C37H24FN/c38-26-23-21-25(22-24-26)28-14-10-15-30-29-13-4-5-16-31(29)37(36(28)30)32-17-6-8-19-34(32)39(27-11-2-1-3-12-27)35-20-9-7-18-33(35)37/h1-24H. The van der Waals surface area contributed by atoms with Crippen molar-refractivity contribution in [2.45, 2.75) is 5.41 Å². The van der Waals surface area contributed by atoms with Gasteiger partial charge in [0.1, 0.15) is 5.82 Å². The molecule has 2 aliphatic rings. The van der Waals surface area contributed by atoms with Gasteiger partial charge in [0, 0.05) is 5.69 Å². The first-order valence-electron chi connectivity index (χ1n) is 13.3. The predicted octanol–water partition coefficient (Wildman–Crippen LogP) is 9.64. The maximum Gasteiger partial charge on any atom is 0.123 e. The summed E-state index contributed by atoms with van der Waals surface area (Å²) in [6.07, 6.45) is 0. The molecule has 0 unspecified atom stereocenters. The first-order valence-corrected chi connectivity index (χ1v) is 13.3. The highest BCUT2D eigenvalue weighted by Gasteiger charge is 2.52. The molecule has 1 aliphatic heterocycles. The van der Waals surface area contributed by atoms with Gasteiger partial charge in [0.05, 0.1) is 16.8 Å². The van der Waals surface area contributed by atoms with E-state index in [1.54, 1.807) is 12.1 Å². The molecule has 8 rings (SSSR count). The number of fused-ring (bicyclic) bond motifs is 9. The summed E-state index contributed by atoms with van der Waals surface area (Å²) in [5.74, 6) is -0.226. The first-order chi connectivity index (χ1) is 19.3. The molecule has 39 heavy (non-hydrogen) atoms. The number of benzene rings is 6. The van der Waals surface area contributed by atoms with Gasteiger partial charge in [-0.2, -0.15) is 0 Å². The number of anilines is 3. The Kier molecular flexibility index (Phi) is 4.68. The average molecular weight is 502 g/mol. The number of hydrogen-bond donors (Lipinski definition) is 0. The average Bonchev–Trinajstić information content (AvgIpc) is 3.30. The van der Waals surface area contributed by atoms with Crippen LogP contribution in [-0.2, 0) is 5.41 Å². The Bertz CT molecular complexity index is 1820. The van der Waals surface area contributed by atoms with Crippen LogP contribution in [0.5, 0.6) is 0 Å². The van der Waals surface area contributed by atoms with E-state index in [9.17, 15) is 4.39 Å². The Balaban J connectivity index is 1.55. The molecule has 1 aliphatic carbocycles. The van der Waals surface area contributed by atoms with Gasteiger partial charge in [0.15, 0.2) is 0 Å². The second-order valence-electron chi connectivity index (χ2n) is 10.2. The zero-order chi connectivity index (χ0) is 26.0. The predicted molar refractivity (Wildman–Crippen MR) is 157 cm³/mol. The van der Waals surface area contributed by atoms with Gasteiger partial charge in [0.25, 0.3) is 0 Å². The van der Waals surface area contributed by atoms with E-state index in [2.05, 4.69) is 126 Å². The fraction of sp³-hybridized carbons (Fsp3) is 0.0270. The minimum Gasteiger partial charge on any atom is -0.310 e. The van der Waals surface area contributed by atoms with Gasteiger partial charge in [-0.1, -0.05) is 109 Å². The lowest BCUT2D eigenvalue weighted by Gasteiger charge is -2.45. The van der Waals surface area contributed by atoms with Crippen LogP contribution in [0, 0.1) is 5.82 Å². The lowest BCUT2D eigenvalue weighted by atomic mass is 9.63. The number of hydrogen-bond acceptors (Lipinski definition) is 1. The van der Waals surface area contributed by atoms with Crippen molar-refractivity contribution in [1.82, 2.24) is 0 Å². The van der Waals surface area contributed by atoms with Crippen molar-refractivity contribution in [3.63, 3.8) is 0 Å². The van der Waals surface area contributed by atoms with Gasteiger partial charge in [-0.05, 0) is 80.9 Å². The second-order valence-corrected chi connectivity index (χ2v) is 10.2. The zero-order valence-corrected chi connectivity index (χ0v) is 21.2. The summed E-state index contributed by atoms with van der Waals surface area (Å²) in [7, 11) is 0. The lowest BCUT2D eigenvalue weighted by molar-refractivity contribution is 0.628. The van der Waals surface area contributed by atoms with E-state index < -0.39 is 5.41 Å². The minimum atomic E-state index is -0.532. The summed E-state index contributed by atoms with van der Waals surface area (Å²) in [5, 5.41) is 0. The fourth-order valence-electron chi connectivity index (χ4n) is 6.89. The molecule has 0 N–H and O–H groups in total. The topological polar surface area (TPSA) is 3.24 Å². The van der Waals surface area contributed by atoms with Gasteiger partial charge in [-0.15, -0.1) is 0 Å². The third-order valence-corrected chi connectivity index (χ3v) is 8.33. The second kappa shape index (κ2) is 8.28. The van der Waals surface area contributed by atoms with Crippen LogP contribution in [0.1, 0.15) is 22.3 Å². The lowest BCUT2D eigenvalue weighted by Crippen LogP contribution is -2.36. The van der Waals surface area contributed by atoms with E-state index in [1.807, 2.05) is 12.1 Å². The minimum absolute atomic E-state index is 0.226. The van der Waals surface area contributed by atoms with Crippen LogP contribution in [0.15, 0.2) is 146 Å². The van der Waals surface area contributed by atoms with Crippen molar-refractivity contribution < 1.29 is 4.39 Å². The van der Waals surface area contributed by atoms with Crippen LogP contribution < -0.4 is 4.90 Å². The molecule has 1 nitrogen and oxygen atoms in total. The molecule has 2 heteroatoms. The molecule has 0 bridgehead atoms. The highest BCUT2D eigenvalue weighted by molar-refractivity contribution is 5.98. The van der Waals surface area contributed by atoms with E-state index in [0.717, 1.165) is 16.8 Å². The van der Waals surface area contributed by atoms with E-state index in [4.69, 9.17) is 0 Å². The molecule has 0 atom stereocenters. The molecule has 1 heterocycles. The molecule has 6 aromatic rings. The van der Waals surface area contributed by atoms with Crippen LogP contribution >= 0.6 is 0 Å². The molecule has 0 amide bonds. The molecule has 6 aromatic carbocycles. The summed E-state index contributed by atoms with van der Waals surface area (Å²) in [5.41, 5.74) is 12.6. The summed E-state index contributed by atoms with van der Waals surface area (Å²) < 4.78 is 14.0. The maximum atomic E-state index is 14.0. The fourth-order valence-corrected chi connectivity index (χ4v) is 6.89. The Hall–Kier alpha value is -4.95. The normalized spacial score (nSPS) is 13.9. The molecule has 0 aromatic heterocycles. The molecule has 0 fully saturated rings. The number of halogens is 1. The highest BCUT2D eigenvalue weighted by atomic mass is 19.1. The molecule has 0 saturated heterocycles. The Morgan fingerprint density at radius 1 is 0.436 bits per heavy atom. The van der Waals surface area contributed by atoms with Crippen molar-refractivity contribution in [2.75, 3.05) is 4.90 Å². The summed E-state index contributed by atoms with van der Waals surface area (Å²) in [4.78, 5) is 2.39. The highest BCUT2D eigenvalue weighted by Crippen LogP contribution is 2.64. The van der Waals surface area contributed by atoms with Crippen LogP contribution in [0.25, 0.3) is 22.3 Å². The van der Waals surface area contributed by atoms with E-state index in [1.165, 1.54) is 44.8 Å². The van der Waals surface area contributed by atoms with E-state index in [0.29, 0.717) is 0 Å². The Labute approximate surface area is 227 Å². The van der Waals surface area contributed by atoms with Crippen LogP contribution in [0.2, 0.25) is 0 Å². The van der Waals surface area contributed by atoms with E-state index in [-0.39, 0.29) is 5.82 Å². The SMILES string of the molecule is Fc1ccc(-c2cccc3c2C2(c4ccccc4-3)c3ccccc3N(c3ccccc3)c3ccccc32)cc1. The number of nitrogens with zero attached hydrogens (tertiary/aromatic N) is 1. The third-order valence-electron chi connectivity index (χ3n) is 8.33. The number of para-hydroxylation sites is 3. The van der Waals surface area contributed by atoms with Crippen molar-refractivity contribution >= 4 is 17.1 Å². The van der Waals surface area contributed by atoms with Crippen LogP contribution in [-0.4, -0.2) is 0 Å². The van der Waals surface area contributed by atoms with Crippen LogP contribution in [0.3, 0.4) is 0 Å². The molecular weight excluding hydrogens is 477 g/mol. The van der Waals surface area contributed by atoms with E-state index >= 15 is 0 Å². The van der Waals surface area contributed by atoms with Crippen molar-refractivity contribution in [1.29, 1.82) is 0 Å². The van der Waals surface area contributed by atoms with Gasteiger partial charge in [-0.25, -0.2) is 4.39 Å². The maximum absolute atomic E-state index is 14.0. The summed E-state index contributed by atoms with van der Waals surface area (Å²) in [6, 6.07) is 50.5. The van der Waals surface area contributed by atoms with Gasteiger partial charge < -0.3 is 4.90 Å². The molecule has 0 radical (unpaired) electrons. The van der Waals surface area contributed by atoms with Crippen LogP contribution in [0.4, 0.5) is 21.5 Å². The molecule has 0 saturated carbocycles. The quantitative estimate of drug-likeness (QED) is 0.228. The molecular formula is C37H24FN. The third kappa shape index (κ3) is 2.94. The summed E-state index contributed by atoms with van der Waals surface area (Å²) in [6.45, 7) is 0. The van der Waals surface area contributed by atoms with Gasteiger partial charge in [0.2, 0.25) is 0 Å². The monoisotopic (exact) mass is 501 g/mol. The smallest absolute Gasteiger partial charge is 0.123 e. The van der Waals surface area contributed by atoms with Gasteiger partial charge >= 0.3 is 0 Å². The largest absolute Gasteiger partial charge is 0.310 e. The zero-order valence-electron chi connectivity index (χ0n) is 21.2. The van der Waals surface area contributed by atoms with Crippen molar-refractivity contribution in [2.24, 2.45) is 0 Å². The molecule has 1 spiro atoms. The Morgan fingerprint density at radius 3 is 1.67 bits per heavy atom. The molecule has 184 valence electrons. The first kappa shape index (κ1) is 22.1. The van der Waals surface area contributed by atoms with Crippen molar-refractivity contribution in [3.8, 4) is 22.3 Å². The Morgan fingerprint density at radius 2 is 0.974 bits per heavy atom. The number of rotatable bonds is 2. The summed E-state index contributed by atoms with van der Waals surface area (Å²) >= 11 is 0. The van der Waals surface area contributed by atoms with Gasteiger partial charge in [-0.3, -0.25) is 0 Å².